The molecule has 0 saturated carbocycles. The van der Waals surface area contributed by atoms with E-state index in [1.54, 1.807) is 11.4 Å². The minimum atomic E-state index is -1.10. The average molecular weight is 455 g/mol. The predicted molar refractivity (Wildman–Crippen MR) is 120 cm³/mol. The van der Waals surface area contributed by atoms with Gasteiger partial charge in [0.15, 0.2) is 11.6 Å². The van der Waals surface area contributed by atoms with Crippen LogP contribution < -0.4 is 16.6 Å². The van der Waals surface area contributed by atoms with Gasteiger partial charge in [0.25, 0.3) is 5.56 Å². The normalized spacial score (nSPS) is 11.1. The molecule has 2 heterocycles. The van der Waals surface area contributed by atoms with E-state index in [-0.39, 0.29) is 12.2 Å². The molecule has 164 valence electrons. The maximum atomic E-state index is 13.4. The number of aromatic nitrogens is 2. The van der Waals surface area contributed by atoms with E-state index in [1.165, 1.54) is 22.0 Å². The fraction of sp³-hybridized carbons (Fsp3) is 0.174. The fourth-order valence-corrected chi connectivity index (χ4v) is 4.27. The van der Waals surface area contributed by atoms with Gasteiger partial charge in [-0.05, 0) is 54.1 Å². The van der Waals surface area contributed by atoms with E-state index in [1.807, 2.05) is 32.0 Å². The number of anilines is 1. The Morgan fingerprint density at radius 2 is 1.75 bits per heavy atom. The Morgan fingerprint density at radius 3 is 2.47 bits per heavy atom. The number of carbonyl (C=O) groups excluding carboxylic acids is 1. The largest absolute Gasteiger partial charge is 0.332 e. The summed E-state index contributed by atoms with van der Waals surface area (Å²) in [5.41, 5.74) is 2.30. The summed E-state index contributed by atoms with van der Waals surface area (Å²) in [6.45, 7) is 3.60. The highest BCUT2D eigenvalue weighted by Gasteiger charge is 2.17. The lowest BCUT2D eigenvalue weighted by atomic mass is 10.1. The Morgan fingerprint density at radius 1 is 0.969 bits per heavy atom. The molecule has 0 fully saturated rings. The minimum Gasteiger partial charge on any atom is -0.324 e. The van der Waals surface area contributed by atoms with E-state index >= 15 is 0 Å². The number of halogens is 2. The number of hydrogen-bond donors (Lipinski definition) is 1. The van der Waals surface area contributed by atoms with Crippen molar-refractivity contribution >= 4 is 33.1 Å². The molecule has 6 nitrogen and oxygen atoms in total. The first-order chi connectivity index (χ1) is 15.2. The molecule has 0 atom stereocenters. The van der Waals surface area contributed by atoms with Crippen LogP contribution in [0.5, 0.6) is 0 Å². The number of hydrogen-bond acceptors (Lipinski definition) is 4. The molecule has 2 aromatic heterocycles. The van der Waals surface area contributed by atoms with Gasteiger partial charge < -0.3 is 5.32 Å². The molecule has 0 bridgehead atoms. The lowest BCUT2D eigenvalue weighted by Crippen LogP contribution is -2.41. The molecule has 1 amide bonds. The smallest absolute Gasteiger partial charge is 0.324 e. The van der Waals surface area contributed by atoms with E-state index in [9.17, 15) is 23.2 Å². The second kappa shape index (κ2) is 8.51. The van der Waals surface area contributed by atoms with E-state index in [4.69, 9.17) is 0 Å². The Kier molecular flexibility index (Phi) is 5.75. The van der Waals surface area contributed by atoms with Crippen LogP contribution in [0.4, 0.5) is 14.5 Å². The molecule has 0 aliphatic rings. The molecule has 4 aromatic rings. The van der Waals surface area contributed by atoms with Crippen LogP contribution in [0.25, 0.3) is 10.2 Å². The van der Waals surface area contributed by atoms with Gasteiger partial charge in [-0.3, -0.25) is 18.7 Å². The standard InChI is InChI=1S/C23H19F2N3O3S/c1-13-3-4-15(9-14(13)2)11-28-22(30)21-19(7-8-32-21)27(23(28)31)12-20(29)26-16-5-6-17(24)18(25)10-16/h3-10H,11-12H2,1-2H3,(H,26,29). The third kappa shape index (κ3) is 4.11. The second-order valence-electron chi connectivity index (χ2n) is 7.49. The Bertz CT molecular complexity index is 1470. The van der Waals surface area contributed by atoms with E-state index in [2.05, 4.69) is 5.32 Å². The number of amides is 1. The number of nitrogens with zero attached hydrogens (tertiary/aromatic N) is 2. The molecule has 32 heavy (non-hydrogen) atoms. The molecule has 4 rings (SSSR count). The number of fused-ring (bicyclic) bond motifs is 1. The maximum Gasteiger partial charge on any atom is 0.332 e. The summed E-state index contributed by atoms with van der Waals surface area (Å²) in [6.07, 6.45) is 0. The first-order valence-corrected chi connectivity index (χ1v) is 10.6. The lowest BCUT2D eigenvalue weighted by molar-refractivity contribution is -0.116. The zero-order valence-electron chi connectivity index (χ0n) is 17.3. The first kappa shape index (κ1) is 21.6. The third-order valence-electron chi connectivity index (χ3n) is 5.25. The zero-order valence-corrected chi connectivity index (χ0v) is 18.1. The number of carbonyl (C=O) groups is 1. The lowest BCUT2D eigenvalue weighted by Gasteiger charge is -2.13. The molecule has 0 unspecified atom stereocenters. The zero-order chi connectivity index (χ0) is 23.0. The highest BCUT2D eigenvalue weighted by atomic mass is 32.1. The van der Waals surface area contributed by atoms with Gasteiger partial charge >= 0.3 is 5.69 Å². The summed E-state index contributed by atoms with van der Waals surface area (Å²) in [7, 11) is 0. The van der Waals surface area contributed by atoms with Crippen LogP contribution in [-0.2, 0) is 17.9 Å². The molecule has 1 N–H and O–H groups in total. The molecular weight excluding hydrogens is 436 g/mol. The Labute approximate surface area is 185 Å². The van der Waals surface area contributed by atoms with Crippen molar-refractivity contribution in [3.8, 4) is 0 Å². The van der Waals surface area contributed by atoms with Gasteiger partial charge in [-0.2, -0.15) is 0 Å². The van der Waals surface area contributed by atoms with Gasteiger partial charge in [0.05, 0.1) is 12.1 Å². The van der Waals surface area contributed by atoms with Crippen LogP contribution in [0.1, 0.15) is 16.7 Å². The average Bonchev–Trinajstić information content (AvgIpc) is 3.24. The van der Waals surface area contributed by atoms with Crippen LogP contribution in [0.3, 0.4) is 0 Å². The summed E-state index contributed by atoms with van der Waals surface area (Å²) in [5.74, 6) is -2.73. The molecule has 2 aromatic carbocycles. The number of rotatable bonds is 5. The van der Waals surface area contributed by atoms with Crippen LogP contribution in [0, 0.1) is 25.5 Å². The molecule has 0 aliphatic carbocycles. The third-order valence-corrected chi connectivity index (χ3v) is 6.15. The summed E-state index contributed by atoms with van der Waals surface area (Å²) in [6, 6.07) is 10.3. The SMILES string of the molecule is Cc1ccc(Cn2c(=O)c3sccc3n(CC(=O)Nc3ccc(F)c(F)c3)c2=O)cc1C. The minimum absolute atomic E-state index is 0.0620. The van der Waals surface area contributed by atoms with Crippen LogP contribution in [0.15, 0.2) is 57.4 Å². The summed E-state index contributed by atoms with van der Waals surface area (Å²) < 4.78 is 29.2. The van der Waals surface area contributed by atoms with Crippen molar-refractivity contribution in [2.24, 2.45) is 0 Å². The first-order valence-electron chi connectivity index (χ1n) is 9.76. The van der Waals surface area contributed by atoms with Crippen molar-refractivity contribution in [2.45, 2.75) is 26.9 Å². The predicted octanol–water partition coefficient (Wildman–Crippen LogP) is 3.81. The van der Waals surface area contributed by atoms with Gasteiger partial charge in [0.1, 0.15) is 11.2 Å². The molecule has 0 spiro atoms. The molecule has 0 saturated heterocycles. The number of benzene rings is 2. The van der Waals surface area contributed by atoms with Crippen molar-refractivity contribution in [3.63, 3.8) is 0 Å². The molecule has 0 radical (unpaired) electrons. The maximum absolute atomic E-state index is 13.4. The van der Waals surface area contributed by atoms with E-state index in [0.29, 0.717) is 10.2 Å². The van der Waals surface area contributed by atoms with E-state index in [0.717, 1.165) is 33.4 Å². The number of aryl methyl sites for hydroxylation is 2. The van der Waals surface area contributed by atoms with Crippen molar-refractivity contribution < 1.29 is 13.6 Å². The Balaban J connectivity index is 1.71. The topological polar surface area (TPSA) is 73.1 Å². The number of nitrogens with one attached hydrogen (secondary N) is 1. The number of thiophene rings is 1. The second-order valence-corrected chi connectivity index (χ2v) is 8.41. The van der Waals surface area contributed by atoms with Crippen molar-refractivity contribution in [1.82, 2.24) is 9.13 Å². The van der Waals surface area contributed by atoms with Crippen LogP contribution in [0.2, 0.25) is 0 Å². The highest BCUT2D eigenvalue weighted by Crippen LogP contribution is 2.17. The summed E-state index contributed by atoms with van der Waals surface area (Å²) in [5, 5.41) is 4.13. The van der Waals surface area contributed by atoms with Crippen molar-refractivity contribution in [3.05, 3.63) is 97.0 Å². The molecule has 9 heteroatoms. The van der Waals surface area contributed by atoms with E-state index < -0.39 is 35.3 Å². The summed E-state index contributed by atoms with van der Waals surface area (Å²) >= 11 is 1.19. The van der Waals surface area contributed by atoms with Crippen molar-refractivity contribution in [1.29, 1.82) is 0 Å². The van der Waals surface area contributed by atoms with Crippen LogP contribution in [-0.4, -0.2) is 15.0 Å². The summed E-state index contributed by atoms with van der Waals surface area (Å²) in [4.78, 5) is 38.7. The van der Waals surface area contributed by atoms with Gasteiger partial charge in [-0.15, -0.1) is 11.3 Å². The Hall–Kier alpha value is -3.59. The quantitative estimate of drug-likeness (QED) is 0.498. The molecular formula is C23H19F2N3O3S. The van der Waals surface area contributed by atoms with Gasteiger partial charge in [0, 0.05) is 11.8 Å². The highest BCUT2D eigenvalue weighted by molar-refractivity contribution is 7.17. The monoisotopic (exact) mass is 455 g/mol. The van der Waals surface area contributed by atoms with Crippen molar-refractivity contribution in [2.75, 3.05) is 5.32 Å². The fourth-order valence-electron chi connectivity index (χ4n) is 3.43. The van der Waals surface area contributed by atoms with Gasteiger partial charge in [-0.25, -0.2) is 13.6 Å². The molecule has 0 aliphatic heterocycles. The van der Waals surface area contributed by atoms with Crippen LogP contribution >= 0.6 is 11.3 Å². The van der Waals surface area contributed by atoms with Gasteiger partial charge in [-0.1, -0.05) is 18.2 Å². The van der Waals surface area contributed by atoms with Gasteiger partial charge in [0.2, 0.25) is 5.91 Å².